The zero-order valence-electron chi connectivity index (χ0n) is 14.5. The Morgan fingerprint density at radius 3 is 2.75 bits per heavy atom. The van der Waals surface area contributed by atoms with E-state index in [0.717, 1.165) is 48.0 Å². The Bertz CT molecular complexity index is 718. The zero-order chi connectivity index (χ0) is 17.1. The first-order chi connectivity index (χ1) is 11.6. The molecule has 1 aliphatic rings. The van der Waals surface area contributed by atoms with Gasteiger partial charge in [-0.3, -0.25) is 4.79 Å². The molecule has 0 saturated carbocycles. The lowest BCUT2D eigenvalue weighted by atomic mass is 10.1. The molecule has 24 heavy (non-hydrogen) atoms. The number of aryl methyl sites for hydroxylation is 2. The van der Waals surface area contributed by atoms with Gasteiger partial charge in [0.15, 0.2) is 0 Å². The Kier molecular flexibility index (Phi) is 5.31. The Morgan fingerprint density at radius 1 is 1.33 bits per heavy atom. The minimum Gasteiger partial charge on any atom is -0.378 e. The minimum atomic E-state index is 0.0958. The largest absolute Gasteiger partial charge is 0.378 e. The summed E-state index contributed by atoms with van der Waals surface area (Å²) in [6.07, 6.45) is 3.85. The standard InChI is InChI=1S/C19H24N2O2S/c1-4-23-15-7-9-21(10-8-15)19(22)17-12-20-18(24-17)16-6-5-13(2)11-14(16)3/h5-6,11-12,15H,4,7-10H2,1-3H3. The number of ether oxygens (including phenoxy) is 1. The van der Waals surface area contributed by atoms with E-state index in [-0.39, 0.29) is 5.91 Å². The normalized spacial score (nSPS) is 15.7. The number of carbonyl (C=O) groups excluding carboxylic acids is 1. The Hall–Kier alpha value is -1.72. The van der Waals surface area contributed by atoms with Gasteiger partial charge in [-0.1, -0.05) is 23.8 Å². The summed E-state index contributed by atoms with van der Waals surface area (Å²) in [7, 11) is 0. The minimum absolute atomic E-state index is 0.0958. The number of benzene rings is 1. The third kappa shape index (κ3) is 3.68. The van der Waals surface area contributed by atoms with Crippen LogP contribution in [0.4, 0.5) is 0 Å². The number of thiazole rings is 1. The van der Waals surface area contributed by atoms with Crippen molar-refractivity contribution >= 4 is 17.2 Å². The van der Waals surface area contributed by atoms with Crippen LogP contribution in [0.25, 0.3) is 10.6 Å². The molecule has 1 aromatic carbocycles. The highest BCUT2D eigenvalue weighted by Crippen LogP contribution is 2.29. The summed E-state index contributed by atoms with van der Waals surface area (Å²) < 4.78 is 5.65. The molecule has 0 aliphatic carbocycles. The topological polar surface area (TPSA) is 42.4 Å². The van der Waals surface area contributed by atoms with Crippen molar-refractivity contribution in [1.82, 2.24) is 9.88 Å². The van der Waals surface area contributed by atoms with Crippen LogP contribution in [-0.2, 0) is 4.74 Å². The molecular formula is C19H24N2O2S. The van der Waals surface area contributed by atoms with Gasteiger partial charge in [-0.05, 0) is 39.2 Å². The second kappa shape index (κ2) is 7.45. The van der Waals surface area contributed by atoms with Gasteiger partial charge in [-0.15, -0.1) is 11.3 Å². The molecule has 2 aromatic rings. The average molecular weight is 344 g/mol. The van der Waals surface area contributed by atoms with Crippen LogP contribution in [0.5, 0.6) is 0 Å². The van der Waals surface area contributed by atoms with E-state index in [0.29, 0.717) is 6.10 Å². The van der Waals surface area contributed by atoms with Crippen molar-refractivity contribution in [2.75, 3.05) is 19.7 Å². The number of aromatic nitrogens is 1. The van der Waals surface area contributed by atoms with Crippen molar-refractivity contribution in [2.45, 2.75) is 39.7 Å². The van der Waals surface area contributed by atoms with Gasteiger partial charge in [0, 0.05) is 25.3 Å². The maximum absolute atomic E-state index is 12.7. The van der Waals surface area contributed by atoms with E-state index in [1.54, 1.807) is 6.20 Å². The smallest absolute Gasteiger partial charge is 0.265 e. The summed E-state index contributed by atoms with van der Waals surface area (Å²) in [4.78, 5) is 19.8. The van der Waals surface area contributed by atoms with E-state index in [1.807, 2.05) is 11.8 Å². The summed E-state index contributed by atoms with van der Waals surface area (Å²) in [5.41, 5.74) is 3.54. The summed E-state index contributed by atoms with van der Waals surface area (Å²) in [6, 6.07) is 6.33. The van der Waals surface area contributed by atoms with Gasteiger partial charge in [0.25, 0.3) is 5.91 Å². The highest BCUT2D eigenvalue weighted by atomic mass is 32.1. The SMILES string of the molecule is CCOC1CCN(C(=O)c2cnc(-c3ccc(C)cc3C)s2)CC1. The molecule has 1 aromatic heterocycles. The number of piperidine rings is 1. The molecule has 1 fully saturated rings. The van der Waals surface area contributed by atoms with E-state index < -0.39 is 0 Å². The van der Waals surface area contributed by atoms with Crippen molar-refractivity contribution in [3.05, 3.63) is 40.4 Å². The van der Waals surface area contributed by atoms with E-state index in [1.165, 1.54) is 22.5 Å². The first kappa shape index (κ1) is 17.1. The highest BCUT2D eigenvalue weighted by molar-refractivity contribution is 7.16. The molecule has 1 aliphatic heterocycles. The fourth-order valence-corrected chi connectivity index (χ4v) is 4.14. The van der Waals surface area contributed by atoms with E-state index in [9.17, 15) is 4.79 Å². The number of amides is 1. The van der Waals surface area contributed by atoms with Crippen molar-refractivity contribution in [3.8, 4) is 10.6 Å². The molecule has 1 amide bonds. The molecule has 128 valence electrons. The molecule has 0 unspecified atom stereocenters. The molecule has 1 saturated heterocycles. The van der Waals surface area contributed by atoms with Gasteiger partial charge in [0.05, 0.1) is 12.3 Å². The van der Waals surface area contributed by atoms with Crippen LogP contribution in [-0.4, -0.2) is 41.6 Å². The van der Waals surface area contributed by atoms with E-state index >= 15 is 0 Å². The number of hydrogen-bond acceptors (Lipinski definition) is 4. The predicted molar refractivity (Wildman–Crippen MR) is 97.6 cm³/mol. The summed E-state index contributed by atoms with van der Waals surface area (Å²) in [6.45, 7) is 8.46. The fourth-order valence-electron chi connectivity index (χ4n) is 3.17. The van der Waals surface area contributed by atoms with Gasteiger partial charge in [-0.2, -0.15) is 0 Å². The lowest BCUT2D eigenvalue weighted by Gasteiger charge is -2.31. The van der Waals surface area contributed by atoms with Crippen LogP contribution in [0, 0.1) is 13.8 Å². The third-order valence-corrected chi connectivity index (χ3v) is 5.48. The number of nitrogens with zero attached hydrogens (tertiary/aromatic N) is 2. The maximum Gasteiger partial charge on any atom is 0.265 e. The van der Waals surface area contributed by atoms with E-state index in [4.69, 9.17) is 4.74 Å². The second-order valence-corrected chi connectivity index (χ2v) is 7.33. The number of carbonyl (C=O) groups is 1. The van der Waals surface area contributed by atoms with Crippen LogP contribution in [0.15, 0.2) is 24.4 Å². The molecule has 0 atom stereocenters. The van der Waals surface area contributed by atoms with Crippen molar-refractivity contribution < 1.29 is 9.53 Å². The summed E-state index contributed by atoms with van der Waals surface area (Å²) in [5.74, 6) is 0.0958. The monoisotopic (exact) mass is 344 g/mol. The molecular weight excluding hydrogens is 320 g/mol. The quantitative estimate of drug-likeness (QED) is 0.840. The second-order valence-electron chi connectivity index (χ2n) is 6.29. The van der Waals surface area contributed by atoms with Gasteiger partial charge < -0.3 is 9.64 Å². The zero-order valence-corrected chi connectivity index (χ0v) is 15.4. The van der Waals surface area contributed by atoms with Crippen LogP contribution in [0.1, 0.15) is 40.6 Å². The highest BCUT2D eigenvalue weighted by Gasteiger charge is 2.25. The molecule has 2 heterocycles. The lowest BCUT2D eigenvalue weighted by molar-refractivity contribution is 0.0147. The van der Waals surface area contributed by atoms with Crippen LogP contribution >= 0.6 is 11.3 Å². The Morgan fingerprint density at radius 2 is 2.08 bits per heavy atom. The molecule has 0 spiro atoms. The van der Waals surface area contributed by atoms with Gasteiger partial charge in [0.1, 0.15) is 9.88 Å². The number of rotatable bonds is 4. The van der Waals surface area contributed by atoms with Crippen LogP contribution in [0.2, 0.25) is 0 Å². The Balaban J connectivity index is 1.70. The van der Waals surface area contributed by atoms with Crippen LogP contribution < -0.4 is 0 Å². The first-order valence-corrected chi connectivity index (χ1v) is 9.34. The fraction of sp³-hybridized carbons (Fsp3) is 0.474. The average Bonchev–Trinajstić information content (AvgIpc) is 3.05. The van der Waals surface area contributed by atoms with Crippen molar-refractivity contribution in [1.29, 1.82) is 0 Å². The summed E-state index contributed by atoms with van der Waals surface area (Å²) in [5, 5.41) is 0.917. The van der Waals surface area contributed by atoms with Crippen molar-refractivity contribution in [2.24, 2.45) is 0 Å². The first-order valence-electron chi connectivity index (χ1n) is 8.52. The molecule has 5 heteroatoms. The molecule has 4 nitrogen and oxygen atoms in total. The van der Waals surface area contributed by atoms with Gasteiger partial charge in [-0.25, -0.2) is 4.98 Å². The summed E-state index contributed by atoms with van der Waals surface area (Å²) >= 11 is 1.49. The van der Waals surface area contributed by atoms with E-state index in [2.05, 4.69) is 37.0 Å². The molecule has 3 rings (SSSR count). The van der Waals surface area contributed by atoms with Gasteiger partial charge in [0.2, 0.25) is 0 Å². The van der Waals surface area contributed by atoms with Gasteiger partial charge >= 0.3 is 0 Å². The third-order valence-electron chi connectivity index (χ3n) is 4.46. The molecule has 0 radical (unpaired) electrons. The molecule has 0 N–H and O–H groups in total. The number of hydrogen-bond donors (Lipinski definition) is 0. The number of likely N-dealkylation sites (tertiary alicyclic amines) is 1. The lowest BCUT2D eigenvalue weighted by Crippen LogP contribution is -2.40. The van der Waals surface area contributed by atoms with Crippen molar-refractivity contribution in [3.63, 3.8) is 0 Å². The maximum atomic E-state index is 12.7. The van der Waals surface area contributed by atoms with Crippen LogP contribution in [0.3, 0.4) is 0 Å². The Labute approximate surface area is 147 Å². The predicted octanol–water partition coefficient (Wildman–Crippen LogP) is 4.07. The molecule has 0 bridgehead atoms.